The fraction of sp³-hybridized carbons (Fsp3) is 0.250. The van der Waals surface area contributed by atoms with Gasteiger partial charge < -0.3 is 14.2 Å². The van der Waals surface area contributed by atoms with Crippen LogP contribution in [0.15, 0.2) is 72.8 Å². The Morgan fingerprint density at radius 2 is 1.47 bits per heavy atom. The third kappa shape index (κ3) is 6.12. The van der Waals surface area contributed by atoms with Crippen LogP contribution in [-0.4, -0.2) is 43.0 Å². The standard InChI is InChI=1S/C24H23FO5/c1-17-23(25)24(30-22(27)15-13-19-10-6-3-7-11-19)20(29-17)16-28-21(26)14-12-18-8-4-2-5-9-18/h2-15,17,20,23-24H,16H2,1H3/b14-12+,15-13+/t17?,20?,23?,24-/m1/s1. The van der Waals surface area contributed by atoms with Crippen molar-refractivity contribution in [3.63, 3.8) is 0 Å². The summed E-state index contributed by atoms with van der Waals surface area (Å²) in [5, 5.41) is 0. The van der Waals surface area contributed by atoms with Crippen LogP contribution in [0.5, 0.6) is 0 Å². The molecule has 0 bridgehead atoms. The highest BCUT2D eigenvalue weighted by molar-refractivity contribution is 5.87. The van der Waals surface area contributed by atoms with E-state index in [-0.39, 0.29) is 6.61 Å². The predicted octanol–water partition coefficient (Wildman–Crippen LogP) is 3.99. The Labute approximate surface area is 174 Å². The summed E-state index contributed by atoms with van der Waals surface area (Å²) in [6.07, 6.45) is 1.40. The van der Waals surface area contributed by atoms with Crippen molar-refractivity contribution >= 4 is 24.1 Å². The summed E-state index contributed by atoms with van der Waals surface area (Å²) in [5.74, 6) is -1.28. The van der Waals surface area contributed by atoms with Gasteiger partial charge in [-0.1, -0.05) is 60.7 Å². The van der Waals surface area contributed by atoms with E-state index < -0.39 is 36.4 Å². The van der Waals surface area contributed by atoms with Gasteiger partial charge in [-0.05, 0) is 30.2 Å². The molecule has 1 fully saturated rings. The summed E-state index contributed by atoms with van der Waals surface area (Å²) in [7, 11) is 0. The molecule has 1 aliphatic heterocycles. The van der Waals surface area contributed by atoms with E-state index >= 15 is 0 Å². The predicted molar refractivity (Wildman–Crippen MR) is 111 cm³/mol. The molecular weight excluding hydrogens is 387 g/mol. The Morgan fingerprint density at radius 1 is 0.933 bits per heavy atom. The van der Waals surface area contributed by atoms with Crippen molar-refractivity contribution in [3.05, 3.63) is 83.9 Å². The number of rotatable bonds is 7. The average Bonchev–Trinajstić information content (AvgIpc) is 3.04. The zero-order chi connectivity index (χ0) is 21.3. The summed E-state index contributed by atoms with van der Waals surface area (Å²) in [6, 6.07) is 18.5. The minimum atomic E-state index is -1.51. The van der Waals surface area contributed by atoms with E-state index in [0.717, 1.165) is 11.1 Å². The monoisotopic (exact) mass is 410 g/mol. The molecule has 1 saturated heterocycles. The third-order valence-corrected chi connectivity index (χ3v) is 4.58. The van der Waals surface area contributed by atoms with Gasteiger partial charge in [-0.25, -0.2) is 14.0 Å². The number of alkyl halides is 1. The summed E-state index contributed by atoms with van der Waals surface area (Å²) < 4.78 is 30.4. The first kappa shape index (κ1) is 21.5. The third-order valence-electron chi connectivity index (χ3n) is 4.58. The Bertz CT molecular complexity index is 894. The molecule has 0 radical (unpaired) electrons. The normalized spacial score (nSPS) is 23.7. The van der Waals surface area contributed by atoms with E-state index in [0.29, 0.717) is 0 Å². The van der Waals surface area contributed by atoms with Crippen LogP contribution in [0.1, 0.15) is 18.1 Å². The van der Waals surface area contributed by atoms with Crippen LogP contribution in [0.4, 0.5) is 4.39 Å². The van der Waals surface area contributed by atoms with Crippen LogP contribution in [0, 0.1) is 0 Å². The molecule has 1 aliphatic rings. The number of ether oxygens (including phenoxy) is 3. The summed E-state index contributed by atoms with van der Waals surface area (Å²) >= 11 is 0. The lowest BCUT2D eigenvalue weighted by molar-refractivity contribution is -0.152. The first-order valence-corrected chi connectivity index (χ1v) is 9.66. The molecule has 4 atom stereocenters. The van der Waals surface area contributed by atoms with E-state index in [1.165, 1.54) is 12.2 Å². The molecular formula is C24H23FO5. The zero-order valence-electron chi connectivity index (χ0n) is 16.5. The molecule has 0 aliphatic carbocycles. The van der Waals surface area contributed by atoms with Crippen LogP contribution in [0.25, 0.3) is 12.2 Å². The Morgan fingerprint density at radius 3 is 2.03 bits per heavy atom. The number of benzene rings is 2. The first-order valence-electron chi connectivity index (χ1n) is 9.66. The SMILES string of the molecule is CC1OC(COC(=O)/C=C/c2ccccc2)[C@@H](OC(=O)/C=C/c2ccccc2)C1F. The van der Waals surface area contributed by atoms with Gasteiger partial charge in [0.25, 0.3) is 0 Å². The maximum Gasteiger partial charge on any atom is 0.331 e. The van der Waals surface area contributed by atoms with Gasteiger partial charge in [0.05, 0.1) is 6.10 Å². The largest absolute Gasteiger partial charge is 0.460 e. The summed E-state index contributed by atoms with van der Waals surface area (Å²) in [6.45, 7) is 1.32. The lowest BCUT2D eigenvalue weighted by Gasteiger charge is -2.18. The highest BCUT2D eigenvalue weighted by Gasteiger charge is 2.45. The van der Waals surface area contributed by atoms with E-state index in [1.807, 2.05) is 60.7 Å². The highest BCUT2D eigenvalue weighted by atomic mass is 19.1. The minimum Gasteiger partial charge on any atom is -0.460 e. The second-order valence-electron chi connectivity index (χ2n) is 6.84. The number of carbonyl (C=O) groups excluding carboxylic acids is 2. The minimum absolute atomic E-state index is 0.219. The zero-order valence-corrected chi connectivity index (χ0v) is 16.5. The van der Waals surface area contributed by atoms with Crippen molar-refractivity contribution in [2.75, 3.05) is 6.61 Å². The summed E-state index contributed by atoms with van der Waals surface area (Å²) in [5.41, 5.74) is 1.67. The van der Waals surface area contributed by atoms with Crippen LogP contribution in [0.3, 0.4) is 0 Å². The van der Waals surface area contributed by atoms with Crippen LogP contribution in [0.2, 0.25) is 0 Å². The molecule has 6 heteroatoms. The fourth-order valence-corrected chi connectivity index (χ4v) is 3.02. The Balaban J connectivity index is 1.54. The second-order valence-corrected chi connectivity index (χ2v) is 6.84. The Kier molecular flexibility index (Phi) is 7.51. The first-order chi connectivity index (χ1) is 14.5. The second kappa shape index (κ2) is 10.5. The van der Waals surface area contributed by atoms with Gasteiger partial charge in [-0.3, -0.25) is 0 Å². The van der Waals surface area contributed by atoms with Gasteiger partial charge in [0.15, 0.2) is 12.3 Å². The maximum absolute atomic E-state index is 14.5. The number of hydrogen-bond acceptors (Lipinski definition) is 5. The van der Waals surface area contributed by atoms with E-state index in [2.05, 4.69) is 0 Å². The van der Waals surface area contributed by atoms with Gasteiger partial charge in [0.2, 0.25) is 0 Å². The Hall–Kier alpha value is -3.25. The van der Waals surface area contributed by atoms with E-state index in [9.17, 15) is 14.0 Å². The smallest absolute Gasteiger partial charge is 0.331 e. The van der Waals surface area contributed by atoms with Gasteiger partial charge in [-0.15, -0.1) is 0 Å². The van der Waals surface area contributed by atoms with Gasteiger partial charge in [0, 0.05) is 12.2 Å². The molecule has 0 amide bonds. The number of carbonyl (C=O) groups is 2. The van der Waals surface area contributed by atoms with Crippen LogP contribution in [-0.2, 0) is 23.8 Å². The lowest BCUT2D eigenvalue weighted by Crippen LogP contribution is -2.36. The highest BCUT2D eigenvalue weighted by Crippen LogP contribution is 2.27. The molecule has 1 heterocycles. The van der Waals surface area contributed by atoms with E-state index in [1.54, 1.807) is 19.1 Å². The molecule has 30 heavy (non-hydrogen) atoms. The molecule has 0 spiro atoms. The number of hydrogen-bond donors (Lipinski definition) is 0. The fourth-order valence-electron chi connectivity index (χ4n) is 3.02. The van der Waals surface area contributed by atoms with Gasteiger partial charge >= 0.3 is 11.9 Å². The van der Waals surface area contributed by atoms with Crippen molar-refractivity contribution in [1.29, 1.82) is 0 Å². The molecule has 0 saturated carbocycles. The van der Waals surface area contributed by atoms with Crippen molar-refractivity contribution in [2.24, 2.45) is 0 Å². The number of esters is 2. The molecule has 5 nitrogen and oxygen atoms in total. The van der Waals surface area contributed by atoms with Crippen LogP contribution >= 0.6 is 0 Å². The summed E-state index contributed by atoms with van der Waals surface area (Å²) in [4.78, 5) is 24.1. The van der Waals surface area contributed by atoms with Gasteiger partial charge in [-0.2, -0.15) is 0 Å². The quantitative estimate of drug-likeness (QED) is 0.510. The topological polar surface area (TPSA) is 61.8 Å². The molecule has 3 rings (SSSR count). The lowest BCUT2D eigenvalue weighted by atomic mass is 10.1. The van der Waals surface area contributed by atoms with Crippen molar-refractivity contribution < 1.29 is 28.2 Å². The molecule has 0 aromatic heterocycles. The molecule has 2 aromatic rings. The van der Waals surface area contributed by atoms with Gasteiger partial charge in [0.1, 0.15) is 12.7 Å². The van der Waals surface area contributed by atoms with Crippen LogP contribution < -0.4 is 0 Å². The number of halogens is 1. The van der Waals surface area contributed by atoms with Crippen molar-refractivity contribution in [3.8, 4) is 0 Å². The maximum atomic E-state index is 14.5. The molecule has 2 aromatic carbocycles. The molecule has 0 N–H and O–H groups in total. The molecule has 3 unspecified atom stereocenters. The van der Waals surface area contributed by atoms with Crippen molar-refractivity contribution in [1.82, 2.24) is 0 Å². The molecule has 156 valence electrons. The van der Waals surface area contributed by atoms with E-state index in [4.69, 9.17) is 14.2 Å². The van der Waals surface area contributed by atoms with Crippen molar-refractivity contribution in [2.45, 2.75) is 31.4 Å². The average molecular weight is 410 g/mol.